The molecule has 0 aliphatic rings. The van der Waals surface area contributed by atoms with Gasteiger partial charge in [-0.2, -0.15) is 0 Å². The summed E-state index contributed by atoms with van der Waals surface area (Å²) in [5, 5.41) is 2.92. The molecule has 0 aliphatic heterocycles. The van der Waals surface area contributed by atoms with Crippen LogP contribution in [-0.4, -0.2) is 27.8 Å². The predicted molar refractivity (Wildman–Crippen MR) is 124 cm³/mol. The van der Waals surface area contributed by atoms with Crippen LogP contribution in [0.5, 0.6) is 5.75 Å². The van der Waals surface area contributed by atoms with Gasteiger partial charge in [0.25, 0.3) is 5.56 Å². The zero-order chi connectivity index (χ0) is 22.7. The summed E-state index contributed by atoms with van der Waals surface area (Å²) in [7, 11) is 1.55. The number of carbonyl (C=O) groups excluding carboxylic acids is 1. The van der Waals surface area contributed by atoms with Gasteiger partial charge in [-0.3, -0.25) is 14.2 Å². The number of nitrogens with zero attached hydrogens (tertiary/aromatic N) is 2. The Balaban J connectivity index is 1.73. The second-order valence-electron chi connectivity index (χ2n) is 7.01. The fourth-order valence-electron chi connectivity index (χ4n) is 3.19. The summed E-state index contributed by atoms with van der Waals surface area (Å²) in [6.45, 7) is 1.70. The highest BCUT2D eigenvalue weighted by Gasteiger charge is 2.21. The molecule has 0 bridgehead atoms. The molecule has 1 heterocycles. The van der Waals surface area contributed by atoms with E-state index in [-0.39, 0.29) is 11.5 Å². The highest BCUT2D eigenvalue weighted by molar-refractivity contribution is 8.00. The average molecular weight is 450 g/mol. The maximum absolute atomic E-state index is 13.4. The first-order valence-electron chi connectivity index (χ1n) is 9.85. The summed E-state index contributed by atoms with van der Waals surface area (Å²) in [6, 6.07) is 19.8. The van der Waals surface area contributed by atoms with Gasteiger partial charge in [-0.05, 0) is 49.4 Å². The molecule has 4 aromatic rings. The third kappa shape index (κ3) is 4.50. The molecule has 32 heavy (non-hydrogen) atoms. The van der Waals surface area contributed by atoms with Crippen molar-refractivity contribution in [1.29, 1.82) is 0 Å². The lowest BCUT2D eigenvalue weighted by atomic mass is 10.2. The second-order valence-corrected chi connectivity index (χ2v) is 8.32. The van der Waals surface area contributed by atoms with Crippen molar-refractivity contribution in [3.05, 3.63) is 89.0 Å². The molecular weight excluding hydrogens is 429 g/mol. The molecule has 3 aromatic carbocycles. The van der Waals surface area contributed by atoms with E-state index in [1.165, 1.54) is 22.8 Å². The summed E-state index contributed by atoms with van der Waals surface area (Å²) in [5.74, 6) is -0.179. The highest BCUT2D eigenvalue weighted by atomic mass is 32.2. The molecule has 1 N–H and O–H groups in total. The van der Waals surface area contributed by atoms with Gasteiger partial charge in [-0.15, -0.1) is 0 Å². The van der Waals surface area contributed by atoms with E-state index in [4.69, 9.17) is 4.74 Å². The first-order valence-corrected chi connectivity index (χ1v) is 10.7. The van der Waals surface area contributed by atoms with Crippen LogP contribution < -0.4 is 15.6 Å². The number of anilines is 1. The predicted octanol–water partition coefficient (Wildman–Crippen LogP) is 4.65. The van der Waals surface area contributed by atoms with E-state index in [2.05, 4.69) is 10.3 Å². The average Bonchev–Trinajstić information content (AvgIpc) is 2.79. The topological polar surface area (TPSA) is 73.2 Å². The van der Waals surface area contributed by atoms with Gasteiger partial charge >= 0.3 is 0 Å². The van der Waals surface area contributed by atoms with Gasteiger partial charge in [0.2, 0.25) is 5.91 Å². The number of rotatable bonds is 6. The molecule has 1 atom stereocenters. The maximum Gasteiger partial charge on any atom is 0.266 e. The standard InChI is InChI=1S/C24H20FN3O3S/c1-15(22(29)26-17-8-5-7-16(25)13-17)32-24-27-21-12-4-3-11-20(21)23(30)28(24)18-9-6-10-19(14-18)31-2/h3-15H,1-2H3,(H,26,29). The van der Waals surface area contributed by atoms with Gasteiger partial charge in [-0.25, -0.2) is 9.37 Å². The number of hydrogen-bond donors (Lipinski definition) is 1. The van der Waals surface area contributed by atoms with Crippen LogP contribution >= 0.6 is 11.8 Å². The van der Waals surface area contributed by atoms with Crippen LogP contribution in [0.1, 0.15) is 6.92 Å². The lowest BCUT2D eigenvalue weighted by Crippen LogP contribution is -2.26. The van der Waals surface area contributed by atoms with Crippen LogP contribution in [0, 0.1) is 5.82 Å². The number of benzene rings is 3. The van der Waals surface area contributed by atoms with Crippen molar-refractivity contribution in [3.63, 3.8) is 0 Å². The van der Waals surface area contributed by atoms with Crippen LogP contribution in [0.15, 0.2) is 82.7 Å². The molecule has 1 amide bonds. The van der Waals surface area contributed by atoms with E-state index in [1.54, 1.807) is 68.6 Å². The number of nitrogens with one attached hydrogen (secondary N) is 1. The van der Waals surface area contributed by atoms with Crippen molar-refractivity contribution < 1.29 is 13.9 Å². The molecule has 4 rings (SSSR count). The first kappa shape index (κ1) is 21.6. The number of halogens is 1. The largest absolute Gasteiger partial charge is 0.497 e. The van der Waals surface area contributed by atoms with Gasteiger partial charge in [0, 0.05) is 11.8 Å². The number of thioether (sulfide) groups is 1. The van der Waals surface area contributed by atoms with E-state index in [1.807, 2.05) is 0 Å². The van der Waals surface area contributed by atoms with Gasteiger partial charge in [0.15, 0.2) is 5.16 Å². The molecule has 162 valence electrons. The maximum atomic E-state index is 13.4. The fourth-order valence-corrected chi connectivity index (χ4v) is 4.12. The van der Waals surface area contributed by atoms with Gasteiger partial charge in [-0.1, -0.05) is 36.0 Å². The first-order chi connectivity index (χ1) is 15.5. The van der Waals surface area contributed by atoms with E-state index >= 15 is 0 Å². The molecule has 0 saturated carbocycles. The van der Waals surface area contributed by atoms with E-state index < -0.39 is 11.1 Å². The lowest BCUT2D eigenvalue weighted by molar-refractivity contribution is -0.115. The Hall–Kier alpha value is -3.65. The summed E-state index contributed by atoms with van der Waals surface area (Å²) in [6.07, 6.45) is 0. The van der Waals surface area contributed by atoms with Gasteiger partial charge < -0.3 is 10.1 Å². The summed E-state index contributed by atoms with van der Waals surface area (Å²) in [4.78, 5) is 30.7. The molecule has 8 heteroatoms. The molecule has 0 spiro atoms. The Morgan fingerprint density at radius 1 is 1.09 bits per heavy atom. The van der Waals surface area contributed by atoms with Crippen LogP contribution in [0.4, 0.5) is 10.1 Å². The van der Waals surface area contributed by atoms with Crippen molar-refractivity contribution >= 4 is 34.3 Å². The third-order valence-corrected chi connectivity index (χ3v) is 5.85. The normalized spacial score (nSPS) is 11.8. The van der Waals surface area contributed by atoms with Crippen molar-refractivity contribution in [2.45, 2.75) is 17.3 Å². The van der Waals surface area contributed by atoms with Crippen LogP contribution in [-0.2, 0) is 4.79 Å². The van der Waals surface area contributed by atoms with Crippen molar-refractivity contribution in [1.82, 2.24) is 9.55 Å². The van der Waals surface area contributed by atoms with E-state index in [9.17, 15) is 14.0 Å². The minimum atomic E-state index is -0.608. The van der Waals surface area contributed by atoms with Gasteiger partial charge in [0.1, 0.15) is 11.6 Å². The molecule has 0 aliphatic carbocycles. The van der Waals surface area contributed by atoms with Crippen molar-refractivity contribution in [3.8, 4) is 11.4 Å². The number of ether oxygens (including phenoxy) is 1. The van der Waals surface area contributed by atoms with Gasteiger partial charge in [0.05, 0.1) is 29.0 Å². The smallest absolute Gasteiger partial charge is 0.266 e. The number of aromatic nitrogens is 2. The van der Waals surface area contributed by atoms with E-state index in [0.717, 1.165) is 11.8 Å². The zero-order valence-corrected chi connectivity index (χ0v) is 18.2. The summed E-state index contributed by atoms with van der Waals surface area (Å²) >= 11 is 1.14. The SMILES string of the molecule is COc1cccc(-n2c(SC(C)C(=O)Nc3cccc(F)c3)nc3ccccc3c2=O)c1. The number of carbonyl (C=O) groups is 1. The molecule has 6 nitrogen and oxygen atoms in total. The van der Waals surface area contributed by atoms with Crippen LogP contribution in [0.3, 0.4) is 0 Å². The van der Waals surface area contributed by atoms with Crippen LogP contribution in [0.25, 0.3) is 16.6 Å². The van der Waals surface area contributed by atoms with Crippen molar-refractivity contribution in [2.24, 2.45) is 0 Å². The Labute approximate surface area is 188 Å². The molecule has 0 radical (unpaired) electrons. The number of para-hydroxylation sites is 1. The number of methoxy groups -OCH3 is 1. The lowest BCUT2D eigenvalue weighted by Gasteiger charge is -2.17. The summed E-state index contributed by atoms with van der Waals surface area (Å²) < 4.78 is 20.2. The highest BCUT2D eigenvalue weighted by Crippen LogP contribution is 2.27. The second kappa shape index (κ2) is 9.23. The fraction of sp³-hybridized carbons (Fsp3) is 0.125. The number of fused-ring (bicyclic) bond motifs is 1. The molecular formula is C24H20FN3O3S. The Kier molecular flexibility index (Phi) is 6.23. The Bertz CT molecular complexity index is 1360. The quantitative estimate of drug-likeness (QED) is 0.343. The molecule has 1 aromatic heterocycles. The summed E-state index contributed by atoms with van der Waals surface area (Å²) in [5.41, 5.74) is 1.23. The zero-order valence-electron chi connectivity index (χ0n) is 17.4. The van der Waals surface area contributed by atoms with E-state index in [0.29, 0.717) is 33.2 Å². The monoisotopic (exact) mass is 449 g/mol. The Morgan fingerprint density at radius 2 is 1.88 bits per heavy atom. The minimum Gasteiger partial charge on any atom is -0.497 e. The van der Waals surface area contributed by atoms with Crippen LogP contribution in [0.2, 0.25) is 0 Å². The number of amides is 1. The third-order valence-electron chi connectivity index (χ3n) is 4.80. The molecule has 1 unspecified atom stereocenters. The molecule has 0 saturated heterocycles. The minimum absolute atomic E-state index is 0.246. The van der Waals surface area contributed by atoms with Crippen molar-refractivity contribution in [2.75, 3.05) is 12.4 Å². The molecule has 0 fully saturated rings. The Morgan fingerprint density at radius 3 is 2.66 bits per heavy atom. The number of hydrogen-bond acceptors (Lipinski definition) is 5.